The van der Waals surface area contributed by atoms with Gasteiger partial charge in [0.05, 0.1) is 29.2 Å². The average molecular weight is 440 g/mol. The number of rotatable bonds is 6. The molecule has 0 radical (unpaired) electrons. The van der Waals surface area contributed by atoms with Gasteiger partial charge in [0.1, 0.15) is 6.04 Å². The fourth-order valence-electron chi connectivity index (χ4n) is 5.83. The van der Waals surface area contributed by atoms with Crippen molar-refractivity contribution >= 4 is 29.5 Å². The van der Waals surface area contributed by atoms with Gasteiger partial charge in [-0.15, -0.1) is 11.8 Å². The lowest BCUT2D eigenvalue weighted by Crippen LogP contribution is -2.60. The lowest BCUT2D eigenvalue weighted by Gasteiger charge is -2.40. The van der Waals surface area contributed by atoms with Crippen molar-refractivity contribution in [3.05, 3.63) is 0 Å². The number of carbonyl (C=O) groups is 3. The fourth-order valence-corrected chi connectivity index (χ4v) is 8.17. The van der Waals surface area contributed by atoms with Crippen LogP contribution < -0.4 is 10.6 Å². The van der Waals surface area contributed by atoms with E-state index in [1.165, 1.54) is 0 Å². The van der Waals surface area contributed by atoms with Gasteiger partial charge in [-0.2, -0.15) is 0 Å². The first-order chi connectivity index (χ1) is 13.9. The van der Waals surface area contributed by atoms with Crippen LogP contribution in [0.15, 0.2) is 0 Å². The summed E-state index contributed by atoms with van der Waals surface area (Å²) in [4.78, 5) is 42.0. The Morgan fingerprint density at radius 3 is 2.43 bits per heavy atom. The largest absolute Gasteiger partial charge is 0.394 e. The van der Waals surface area contributed by atoms with Crippen LogP contribution >= 0.6 is 11.8 Å². The molecule has 3 amide bonds. The molecule has 0 aromatic heterocycles. The van der Waals surface area contributed by atoms with E-state index < -0.39 is 34.2 Å². The zero-order valence-electron chi connectivity index (χ0n) is 19.2. The number of carbonyl (C=O) groups excluding carboxylic acids is 3. The Hall–Kier alpha value is -1.28. The molecule has 3 heterocycles. The van der Waals surface area contributed by atoms with Crippen LogP contribution in [0.2, 0.25) is 0 Å². The molecule has 0 aliphatic carbocycles. The topological polar surface area (TPSA) is 98.7 Å². The summed E-state index contributed by atoms with van der Waals surface area (Å²) in [7, 11) is 1.60. The summed E-state index contributed by atoms with van der Waals surface area (Å²) in [5.41, 5.74) is -0.447. The number of likely N-dealkylation sites (tertiary alicyclic amines) is 1. The standard InChI is InChI=1S/C22H37N3O4S/c1-8-12(2)13(11-26)25-16(18(28)24-20(3,4)5)22-10-9-21(6,30-22)14(17(27)23-7)15(22)19(25)29/h12-16,26H,8-11H2,1-7H3,(H,23,27)(H,24,28)/t12-,13-,14+,15-,16?,21-,22?/m0/s1. The van der Waals surface area contributed by atoms with Gasteiger partial charge >= 0.3 is 0 Å². The van der Waals surface area contributed by atoms with E-state index in [4.69, 9.17) is 0 Å². The van der Waals surface area contributed by atoms with Gasteiger partial charge < -0.3 is 20.6 Å². The van der Waals surface area contributed by atoms with E-state index in [1.54, 1.807) is 23.7 Å². The molecule has 2 unspecified atom stereocenters. The van der Waals surface area contributed by atoms with Crippen molar-refractivity contribution in [1.29, 1.82) is 0 Å². The molecule has 3 fully saturated rings. The van der Waals surface area contributed by atoms with E-state index in [9.17, 15) is 19.5 Å². The van der Waals surface area contributed by atoms with Gasteiger partial charge in [0.25, 0.3) is 0 Å². The fraction of sp³-hybridized carbons (Fsp3) is 0.864. The Bertz CT molecular complexity index is 738. The molecule has 0 aromatic carbocycles. The van der Waals surface area contributed by atoms with Crippen LogP contribution in [0.3, 0.4) is 0 Å². The number of aliphatic hydroxyl groups excluding tert-OH is 1. The van der Waals surface area contributed by atoms with Crippen LogP contribution in [0.4, 0.5) is 0 Å². The number of nitrogens with one attached hydrogen (secondary N) is 2. The molecule has 0 aromatic rings. The summed E-state index contributed by atoms with van der Waals surface area (Å²) in [6.45, 7) is 11.6. The first-order valence-corrected chi connectivity index (χ1v) is 11.9. The molecule has 3 saturated heterocycles. The predicted molar refractivity (Wildman–Crippen MR) is 118 cm³/mol. The van der Waals surface area contributed by atoms with Gasteiger partial charge in [-0.25, -0.2) is 0 Å². The Balaban J connectivity index is 2.13. The molecule has 3 N–H and O–H groups in total. The first-order valence-electron chi connectivity index (χ1n) is 11.0. The monoisotopic (exact) mass is 439 g/mol. The number of aliphatic hydroxyl groups is 1. The van der Waals surface area contributed by atoms with Crippen molar-refractivity contribution in [2.75, 3.05) is 13.7 Å². The zero-order chi connectivity index (χ0) is 22.6. The molecule has 7 atom stereocenters. The number of nitrogens with zero attached hydrogens (tertiary/aromatic N) is 1. The minimum Gasteiger partial charge on any atom is -0.394 e. The van der Waals surface area contributed by atoms with Crippen molar-refractivity contribution in [3.63, 3.8) is 0 Å². The van der Waals surface area contributed by atoms with Crippen molar-refractivity contribution in [3.8, 4) is 0 Å². The Kier molecular flexibility index (Phi) is 6.00. The van der Waals surface area contributed by atoms with Gasteiger partial charge in [-0.3, -0.25) is 14.4 Å². The van der Waals surface area contributed by atoms with E-state index in [1.807, 2.05) is 34.6 Å². The number of amides is 3. The third-order valence-electron chi connectivity index (χ3n) is 7.34. The second-order valence-corrected chi connectivity index (χ2v) is 12.4. The van der Waals surface area contributed by atoms with Gasteiger partial charge in [0.2, 0.25) is 17.7 Å². The molecule has 0 saturated carbocycles. The van der Waals surface area contributed by atoms with E-state index in [2.05, 4.69) is 17.6 Å². The Morgan fingerprint density at radius 2 is 1.93 bits per heavy atom. The quantitative estimate of drug-likeness (QED) is 0.583. The number of hydrogen-bond donors (Lipinski definition) is 3. The molecule has 8 heteroatoms. The lowest BCUT2D eigenvalue weighted by atomic mass is 9.66. The van der Waals surface area contributed by atoms with Crippen molar-refractivity contribution in [1.82, 2.24) is 15.5 Å². The molecular weight excluding hydrogens is 402 g/mol. The molecule has 3 aliphatic heterocycles. The maximum Gasteiger partial charge on any atom is 0.244 e. The number of hydrogen-bond acceptors (Lipinski definition) is 5. The molecule has 3 aliphatic rings. The van der Waals surface area contributed by atoms with E-state index in [0.29, 0.717) is 0 Å². The Morgan fingerprint density at radius 1 is 1.30 bits per heavy atom. The molecule has 3 rings (SSSR count). The van der Waals surface area contributed by atoms with E-state index in [-0.39, 0.29) is 35.0 Å². The van der Waals surface area contributed by atoms with Crippen LogP contribution in [0, 0.1) is 17.8 Å². The summed E-state index contributed by atoms with van der Waals surface area (Å²) in [5.74, 6) is -1.46. The van der Waals surface area contributed by atoms with Gasteiger partial charge in [0, 0.05) is 17.3 Å². The minimum atomic E-state index is -0.693. The minimum absolute atomic E-state index is 0.0374. The van der Waals surface area contributed by atoms with Crippen LogP contribution in [0.1, 0.15) is 60.8 Å². The molecule has 170 valence electrons. The second-order valence-electron chi connectivity index (χ2n) is 10.5. The molecule has 7 nitrogen and oxygen atoms in total. The molecule has 30 heavy (non-hydrogen) atoms. The van der Waals surface area contributed by atoms with Crippen molar-refractivity contribution in [2.45, 2.75) is 87.9 Å². The van der Waals surface area contributed by atoms with Crippen LogP contribution in [0.5, 0.6) is 0 Å². The van der Waals surface area contributed by atoms with Gasteiger partial charge in [-0.1, -0.05) is 20.3 Å². The highest BCUT2D eigenvalue weighted by atomic mass is 32.2. The second kappa shape index (κ2) is 7.69. The predicted octanol–water partition coefficient (Wildman–Crippen LogP) is 1.54. The summed E-state index contributed by atoms with van der Waals surface area (Å²) < 4.78 is -1.00. The summed E-state index contributed by atoms with van der Waals surface area (Å²) in [6, 6.07) is -1.14. The van der Waals surface area contributed by atoms with Crippen LogP contribution in [-0.4, -0.2) is 68.5 Å². The maximum atomic E-state index is 13.9. The van der Waals surface area contributed by atoms with E-state index >= 15 is 0 Å². The Labute approximate surface area is 184 Å². The van der Waals surface area contributed by atoms with Crippen LogP contribution in [0.25, 0.3) is 0 Å². The van der Waals surface area contributed by atoms with Crippen molar-refractivity contribution in [2.24, 2.45) is 17.8 Å². The summed E-state index contributed by atoms with van der Waals surface area (Å²) >= 11 is 1.66. The summed E-state index contributed by atoms with van der Waals surface area (Å²) in [5, 5.41) is 16.1. The van der Waals surface area contributed by atoms with Gasteiger partial charge in [-0.05, 0) is 46.5 Å². The number of fused-ring (bicyclic) bond motifs is 1. The van der Waals surface area contributed by atoms with Crippen LogP contribution in [-0.2, 0) is 14.4 Å². The average Bonchev–Trinajstić information content (AvgIpc) is 3.21. The van der Waals surface area contributed by atoms with Crippen molar-refractivity contribution < 1.29 is 19.5 Å². The lowest BCUT2D eigenvalue weighted by molar-refractivity contribution is -0.144. The number of thioether (sulfide) groups is 1. The molecule has 2 bridgehead atoms. The van der Waals surface area contributed by atoms with Gasteiger partial charge in [0.15, 0.2) is 0 Å². The highest BCUT2D eigenvalue weighted by Crippen LogP contribution is 2.71. The normalized spacial score (nSPS) is 37.1. The third-order valence-corrected chi connectivity index (χ3v) is 9.32. The highest BCUT2D eigenvalue weighted by Gasteiger charge is 2.77. The van der Waals surface area contributed by atoms with E-state index in [0.717, 1.165) is 19.3 Å². The maximum absolute atomic E-state index is 13.9. The summed E-state index contributed by atoms with van der Waals surface area (Å²) in [6.07, 6.45) is 2.29. The third kappa shape index (κ3) is 3.34. The first kappa shape index (κ1) is 23.4. The smallest absolute Gasteiger partial charge is 0.244 e. The molecule has 1 spiro atoms. The SMILES string of the molecule is CC[C@H](C)[C@H](CO)N1C(=O)[C@@H]2[C@H](C(=O)NC)[C@]3(C)CCC2(S3)C1C(=O)NC(C)(C)C. The highest BCUT2D eigenvalue weighted by molar-refractivity contribution is 8.02. The molecular formula is C22H37N3O4S. The zero-order valence-corrected chi connectivity index (χ0v) is 20.1.